The summed E-state index contributed by atoms with van der Waals surface area (Å²) in [6.07, 6.45) is 4.60. The molecule has 6 nitrogen and oxygen atoms in total. The van der Waals surface area contributed by atoms with Gasteiger partial charge in [-0.25, -0.2) is 5.43 Å². The van der Waals surface area contributed by atoms with Gasteiger partial charge >= 0.3 is 0 Å². The standard InChI is InChI=1S/C22H19ClN4O2/c1-14-3-4-16(11-15(14)2)13-25-27-22(29)19-12-18(23)5-6-20(19)26-21(28)17-7-9-24-10-8-17/h3-13H,1-2H3,(H,26,28)(H,27,29). The van der Waals surface area contributed by atoms with Gasteiger partial charge in [0.15, 0.2) is 0 Å². The summed E-state index contributed by atoms with van der Waals surface area (Å²) in [5.74, 6) is -0.847. The SMILES string of the molecule is Cc1ccc(C=NNC(=O)c2cc(Cl)ccc2NC(=O)c2ccncc2)cc1C. The van der Waals surface area contributed by atoms with Gasteiger partial charge in [-0.2, -0.15) is 5.10 Å². The Hall–Kier alpha value is -3.51. The second kappa shape index (κ2) is 9.12. The lowest BCUT2D eigenvalue weighted by atomic mass is 10.1. The number of aryl methyl sites for hydroxylation is 2. The van der Waals surface area contributed by atoms with E-state index < -0.39 is 5.91 Å². The fraction of sp³-hybridized carbons (Fsp3) is 0.0909. The van der Waals surface area contributed by atoms with E-state index in [1.807, 2.05) is 32.0 Å². The Balaban J connectivity index is 1.75. The van der Waals surface area contributed by atoms with E-state index in [2.05, 4.69) is 20.8 Å². The highest BCUT2D eigenvalue weighted by molar-refractivity contribution is 6.31. The van der Waals surface area contributed by atoms with Gasteiger partial charge in [0.25, 0.3) is 11.8 Å². The number of nitrogens with zero attached hydrogens (tertiary/aromatic N) is 2. The van der Waals surface area contributed by atoms with E-state index >= 15 is 0 Å². The van der Waals surface area contributed by atoms with Gasteiger partial charge in [-0.05, 0) is 60.9 Å². The molecule has 0 atom stereocenters. The monoisotopic (exact) mass is 406 g/mol. The molecule has 0 spiro atoms. The van der Waals surface area contributed by atoms with Crippen molar-refractivity contribution in [2.24, 2.45) is 5.10 Å². The molecule has 0 saturated carbocycles. The van der Waals surface area contributed by atoms with Crippen LogP contribution in [0.3, 0.4) is 0 Å². The molecule has 0 bridgehead atoms. The number of carbonyl (C=O) groups excluding carboxylic acids is 2. The van der Waals surface area contributed by atoms with Crippen LogP contribution in [-0.2, 0) is 0 Å². The van der Waals surface area contributed by atoms with Crippen LogP contribution in [0.4, 0.5) is 5.69 Å². The number of halogens is 1. The number of hydrazone groups is 1. The van der Waals surface area contributed by atoms with Crippen molar-refractivity contribution in [1.29, 1.82) is 0 Å². The average molecular weight is 407 g/mol. The van der Waals surface area contributed by atoms with Crippen molar-refractivity contribution < 1.29 is 9.59 Å². The molecule has 0 saturated heterocycles. The van der Waals surface area contributed by atoms with Gasteiger partial charge in [0.2, 0.25) is 0 Å². The highest BCUT2D eigenvalue weighted by Gasteiger charge is 2.15. The van der Waals surface area contributed by atoms with Crippen LogP contribution in [0.15, 0.2) is 66.0 Å². The van der Waals surface area contributed by atoms with E-state index in [4.69, 9.17) is 11.6 Å². The second-order valence-electron chi connectivity index (χ2n) is 6.42. The zero-order chi connectivity index (χ0) is 20.8. The molecular formula is C22H19ClN4O2. The van der Waals surface area contributed by atoms with E-state index in [-0.39, 0.29) is 11.5 Å². The molecule has 2 aromatic carbocycles. The molecule has 3 rings (SSSR count). The molecule has 0 radical (unpaired) electrons. The van der Waals surface area contributed by atoms with Crippen LogP contribution < -0.4 is 10.7 Å². The Labute approximate surface area is 173 Å². The van der Waals surface area contributed by atoms with Crippen LogP contribution in [0.5, 0.6) is 0 Å². The first kappa shape index (κ1) is 20.2. The Morgan fingerprint density at radius 2 is 1.72 bits per heavy atom. The van der Waals surface area contributed by atoms with Gasteiger partial charge < -0.3 is 5.32 Å². The smallest absolute Gasteiger partial charge is 0.273 e. The number of benzene rings is 2. The maximum Gasteiger partial charge on any atom is 0.273 e. The van der Waals surface area contributed by atoms with Gasteiger partial charge in [-0.1, -0.05) is 29.8 Å². The summed E-state index contributed by atoms with van der Waals surface area (Å²) >= 11 is 6.04. The second-order valence-corrected chi connectivity index (χ2v) is 6.86. The van der Waals surface area contributed by atoms with E-state index in [0.29, 0.717) is 16.3 Å². The molecular weight excluding hydrogens is 388 g/mol. The lowest BCUT2D eigenvalue weighted by Crippen LogP contribution is -2.21. The highest BCUT2D eigenvalue weighted by atomic mass is 35.5. The molecule has 0 fully saturated rings. The van der Waals surface area contributed by atoms with E-state index in [1.54, 1.807) is 30.5 Å². The first-order chi connectivity index (χ1) is 13.9. The summed E-state index contributed by atoms with van der Waals surface area (Å²) in [5, 5.41) is 7.10. The molecule has 3 aromatic rings. The molecule has 0 unspecified atom stereocenters. The number of pyridine rings is 1. The van der Waals surface area contributed by atoms with Crippen molar-refractivity contribution in [3.05, 3.63) is 93.8 Å². The number of carbonyl (C=O) groups is 2. The van der Waals surface area contributed by atoms with Crippen molar-refractivity contribution in [1.82, 2.24) is 10.4 Å². The largest absolute Gasteiger partial charge is 0.321 e. The zero-order valence-electron chi connectivity index (χ0n) is 15.9. The van der Waals surface area contributed by atoms with Crippen molar-refractivity contribution in [3.8, 4) is 0 Å². The summed E-state index contributed by atoms with van der Waals surface area (Å²) in [7, 11) is 0. The van der Waals surface area contributed by atoms with Crippen LogP contribution in [0.25, 0.3) is 0 Å². The van der Waals surface area contributed by atoms with Crippen molar-refractivity contribution in [3.63, 3.8) is 0 Å². The minimum absolute atomic E-state index is 0.206. The van der Waals surface area contributed by atoms with Gasteiger partial charge in [0.05, 0.1) is 17.5 Å². The maximum absolute atomic E-state index is 12.6. The van der Waals surface area contributed by atoms with Gasteiger partial charge in [0, 0.05) is 23.0 Å². The number of hydrogen-bond acceptors (Lipinski definition) is 4. The summed E-state index contributed by atoms with van der Waals surface area (Å²) in [6, 6.07) is 13.7. The topological polar surface area (TPSA) is 83.5 Å². The first-order valence-electron chi connectivity index (χ1n) is 8.85. The molecule has 146 valence electrons. The van der Waals surface area contributed by atoms with Crippen LogP contribution in [-0.4, -0.2) is 23.0 Å². The van der Waals surface area contributed by atoms with Crippen LogP contribution in [0.2, 0.25) is 5.02 Å². The summed E-state index contributed by atoms with van der Waals surface area (Å²) in [6.45, 7) is 4.04. The number of hydrogen-bond donors (Lipinski definition) is 2. The molecule has 0 aliphatic carbocycles. The summed E-state index contributed by atoms with van der Waals surface area (Å²) in [4.78, 5) is 28.9. The minimum atomic E-state index is -0.488. The number of anilines is 1. The maximum atomic E-state index is 12.6. The van der Waals surface area contributed by atoms with E-state index in [9.17, 15) is 9.59 Å². The van der Waals surface area contributed by atoms with Crippen molar-refractivity contribution in [2.45, 2.75) is 13.8 Å². The summed E-state index contributed by atoms with van der Waals surface area (Å²) < 4.78 is 0. The third kappa shape index (κ3) is 5.27. The quantitative estimate of drug-likeness (QED) is 0.487. The Bertz CT molecular complexity index is 1080. The molecule has 7 heteroatoms. The molecule has 2 amide bonds. The van der Waals surface area contributed by atoms with Gasteiger partial charge in [-0.3, -0.25) is 14.6 Å². The molecule has 1 aromatic heterocycles. The number of rotatable bonds is 5. The Kier molecular flexibility index (Phi) is 6.36. The number of amides is 2. The van der Waals surface area contributed by atoms with Gasteiger partial charge in [0.1, 0.15) is 0 Å². The highest BCUT2D eigenvalue weighted by Crippen LogP contribution is 2.21. The number of nitrogens with one attached hydrogen (secondary N) is 2. The van der Waals surface area contributed by atoms with Crippen LogP contribution >= 0.6 is 11.6 Å². The first-order valence-corrected chi connectivity index (χ1v) is 9.23. The van der Waals surface area contributed by atoms with Crippen molar-refractivity contribution >= 4 is 35.3 Å². The Morgan fingerprint density at radius 3 is 2.45 bits per heavy atom. The molecule has 0 aliphatic rings. The normalized spacial score (nSPS) is 10.7. The molecule has 0 aliphatic heterocycles. The van der Waals surface area contributed by atoms with E-state index in [1.165, 1.54) is 24.0 Å². The predicted octanol–water partition coefficient (Wildman–Crippen LogP) is 4.37. The molecule has 29 heavy (non-hydrogen) atoms. The minimum Gasteiger partial charge on any atom is -0.321 e. The average Bonchev–Trinajstić information content (AvgIpc) is 2.72. The Morgan fingerprint density at radius 1 is 0.966 bits per heavy atom. The third-order valence-electron chi connectivity index (χ3n) is 4.33. The molecule has 1 heterocycles. The van der Waals surface area contributed by atoms with E-state index in [0.717, 1.165) is 11.1 Å². The zero-order valence-corrected chi connectivity index (χ0v) is 16.7. The van der Waals surface area contributed by atoms with Crippen LogP contribution in [0.1, 0.15) is 37.4 Å². The van der Waals surface area contributed by atoms with Crippen LogP contribution in [0, 0.1) is 13.8 Å². The summed E-state index contributed by atoms with van der Waals surface area (Å²) in [5.41, 5.74) is 6.61. The predicted molar refractivity (Wildman–Crippen MR) is 115 cm³/mol. The molecule has 2 N–H and O–H groups in total. The van der Waals surface area contributed by atoms with Gasteiger partial charge in [-0.15, -0.1) is 0 Å². The lowest BCUT2D eigenvalue weighted by molar-refractivity contribution is 0.0956. The van der Waals surface area contributed by atoms with Crippen molar-refractivity contribution in [2.75, 3.05) is 5.32 Å². The fourth-order valence-corrected chi connectivity index (χ4v) is 2.75. The third-order valence-corrected chi connectivity index (χ3v) is 4.56. The lowest BCUT2D eigenvalue weighted by Gasteiger charge is -2.10. The number of aromatic nitrogens is 1. The fourth-order valence-electron chi connectivity index (χ4n) is 2.58.